The maximum absolute atomic E-state index is 12.5. The average Bonchev–Trinajstić information content (AvgIpc) is 1.70. The van der Waals surface area contributed by atoms with Crippen molar-refractivity contribution < 1.29 is 115 Å². The number of carboxylic acids is 2. The fourth-order valence-corrected chi connectivity index (χ4v) is 14.6. The van der Waals surface area contributed by atoms with Crippen molar-refractivity contribution in [2.45, 2.75) is 203 Å². The molecule has 0 spiro atoms. The number of rotatable bonds is 15. The molecule has 5 aromatic carbocycles. The Kier molecular flexibility index (Phi) is 40.6. The summed E-state index contributed by atoms with van der Waals surface area (Å²) in [5, 5.41) is 30.7. The van der Waals surface area contributed by atoms with Crippen LogP contribution in [0.4, 0.5) is 14.4 Å². The predicted molar refractivity (Wildman–Crippen MR) is 392 cm³/mol. The zero-order valence-corrected chi connectivity index (χ0v) is 67.0. The number of carbonyl (C=O) groups excluding carboxylic acids is 5. The van der Waals surface area contributed by atoms with Gasteiger partial charge in [0.1, 0.15) is 41.0 Å². The number of aliphatic carboxylic acids is 2. The predicted octanol–water partition coefficient (Wildman–Crippen LogP) is 9.96. The molecule has 552 valence electrons. The molecule has 0 radical (unpaired) electrons. The molecule has 5 aromatic rings. The van der Waals surface area contributed by atoms with E-state index in [1.165, 1.54) is 31.7 Å². The van der Waals surface area contributed by atoms with Crippen molar-refractivity contribution in [3.8, 4) is 0 Å². The molecule has 8 atom stereocenters. The van der Waals surface area contributed by atoms with E-state index in [0.717, 1.165) is 26.8 Å². The number of esters is 2. The van der Waals surface area contributed by atoms with Gasteiger partial charge in [0.25, 0.3) is 10.1 Å². The second-order valence-electron chi connectivity index (χ2n) is 25.8. The van der Waals surface area contributed by atoms with Gasteiger partial charge < -0.3 is 44.3 Å². The van der Waals surface area contributed by atoms with Gasteiger partial charge in [0.2, 0.25) is 0 Å². The quantitative estimate of drug-likeness (QED) is 0.0249. The number of carbonyl (C=O) groups is 7. The molecule has 101 heavy (non-hydrogen) atoms. The number of ether oxygens (including phenoxy) is 5. The second-order valence-corrected chi connectivity index (χ2v) is 32.0. The molecule has 0 saturated carbocycles. The molecule has 0 aliphatic carbocycles. The van der Waals surface area contributed by atoms with Gasteiger partial charge in [-0.1, -0.05) is 97.4 Å². The second kappa shape index (κ2) is 44.8. The number of aryl methyl sites for hydroxylation is 1. The fraction of sp³-hybridized carbons (Fsp3) is 0.486. The number of carboxylic acid groups (broad SMARTS) is 2. The van der Waals surface area contributed by atoms with Crippen LogP contribution in [0.15, 0.2) is 170 Å². The standard InChI is InChI=1S/C19H27NO7S.C18H25NO4S.C16H21NO4S.C11H13NO2S.C6H6S.C2H5O.ClH.Na/c1-6-25-17(21)16-11-14(12-20(16)18(22)26-19(3,4)5)27-28(23,24)15-9-7-13(2)8-10-15;1-5-22-16(20)15-11-14(24-13-9-7-6-8-10-13)12-19(15)17(21)23-18(2,3)4;1-16(2,3)21-15(20)17-10-12(9-13(17)14(18)19)22-11-7-5-4-6-8-11;13-11(14)10-6-9(7-12-10)15-8-4-2-1-3-5-8;7-6-4-2-1-3-5-6;1-2-3;;/h7-10,14,16H,6,11-12H2,1-5H3;6-10,14-15H,5,11-12H2,1-4H3;4-8,12-13H,9-10H2,1-3H3,(H,18,19);1-5,9-10,12H,6-7H2,(H,13,14);1-5,7H;2H2,1H3;1H;/q;;;;;-1;;+1/t14-,16+;14?,15-;12?,13-;9?,10-;;;;/m1000..../s1. The molecule has 3 amide bonds. The maximum Gasteiger partial charge on any atom is 1.00 e. The van der Waals surface area contributed by atoms with Crippen molar-refractivity contribution in [2.24, 2.45) is 0 Å². The fourth-order valence-electron chi connectivity index (χ4n) is 9.78. The number of thiol groups is 1. The number of benzene rings is 5. The molecule has 22 nitrogen and oxygen atoms in total. The molecule has 0 bridgehead atoms. The van der Waals surface area contributed by atoms with E-state index >= 15 is 0 Å². The molecule has 4 heterocycles. The van der Waals surface area contributed by atoms with Crippen molar-refractivity contribution >= 4 is 113 Å². The number of thioether (sulfide) groups is 3. The van der Waals surface area contributed by atoms with Crippen LogP contribution in [-0.2, 0) is 57.2 Å². The first kappa shape index (κ1) is 91.4. The first-order chi connectivity index (χ1) is 46.5. The van der Waals surface area contributed by atoms with Crippen LogP contribution in [0.5, 0.6) is 0 Å². The molecule has 4 fully saturated rings. The van der Waals surface area contributed by atoms with E-state index in [1.54, 1.807) is 110 Å². The number of halogens is 1. The van der Waals surface area contributed by atoms with Gasteiger partial charge in [-0.15, -0.1) is 66.9 Å². The van der Waals surface area contributed by atoms with Gasteiger partial charge in [-0.2, -0.15) is 8.42 Å². The summed E-state index contributed by atoms with van der Waals surface area (Å²) in [6.07, 6.45) is -0.922. The Labute approximate surface area is 642 Å². The zero-order valence-electron chi connectivity index (χ0n) is 60.0. The molecule has 9 rings (SSSR count). The van der Waals surface area contributed by atoms with E-state index < -0.39 is 87.3 Å². The Morgan fingerprint density at radius 2 is 0.871 bits per heavy atom. The Balaban J connectivity index is 0.000000440. The molecule has 3 N–H and O–H groups in total. The molecule has 4 saturated heterocycles. The summed E-state index contributed by atoms with van der Waals surface area (Å²) in [7, 11) is -4.04. The topological polar surface area (TPSA) is 294 Å². The van der Waals surface area contributed by atoms with E-state index in [4.69, 9.17) is 38.1 Å². The largest absolute Gasteiger partial charge is 1.00 e. The van der Waals surface area contributed by atoms with Crippen LogP contribution in [0, 0.1) is 6.92 Å². The summed E-state index contributed by atoms with van der Waals surface area (Å²) in [5.74, 6) is -2.71. The smallest absolute Gasteiger partial charge is 0.855 e. The molecule has 4 aliphatic heterocycles. The third kappa shape index (κ3) is 34.2. The maximum atomic E-state index is 12.5. The van der Waals surface area contributed by atoms with Gasteiger partial charge in [0.15, 0.2) is 0 Å². The van der Waals surface area contributed by atoms with Gasteiger partial charge in [-0.05, 0) is 163 Å². The van der Waals surface area contributed by atoms with E-state index in [0.29, 0.717) is 44.2 Å². The summed E-state index contributed by atoms with van der Waals surface area (Å²) in [6.45, 7) is 24.7. The van der Waals surface area contributed by atoms with E-state index in [-0.39, 0.29) is 95.6 Å². The summed E-state index contributed by atoms with van der Waals surface area (Å²) in [6, 6.07) is 43.1. The number of hydrogen-bond donors (Lipinski definition) is 4. The van der Waals surface area contributed by atoms with E-state index in [9.17, 15) is 47.1 Å². The zero-order chi connectivity index (χ0) is 73.7. The Morgan fingerprint density at radius 1 is 0.525 bits per heavy atom. The Bertz CT molecular complexity index is 3430. The summed E-state index contributed by atoms with van der Waals surface area (Å²) < 4.78 is 56.6. The first-order valence-corrected chi connectivity index (χ1v) is 37.0. The number of nitrogens with zero attached hydrogens (tertiary/aromatic N) is 3. The van der Waals surface area contributed by atoms with Crippen molar-refractivity contribution in [3.05, 3.63) is 151 Å². The first-order valence-electron chi connectivity index (χ1n) is 32.5. The number of amides is 3. The molecule has 29 heteroatoms. The normalized spacial score (nSPS) is 19.8. The van der Waals surface area contributed by atoms with Crippen LogP contribution in [0.2, 0.25) is 0 Å². The molecular formula is C72H98ClN4NaO18S5. The average molecular weight is 1530 g/mol. The van der Waals surface area contributed by atoms with Crippen molar-refractivity contribution in [3.63, 3.8) is 0 Å². The number of hydrogen-bond acceptors (Lipinski definition) is 21. The van der Waals surface area contributed by atoms with Crippen molar-refractivity contribution in [1.29, 1.82) is 0 Å². The number of nitrogens with one attached hydrogen (secondary N) is 1. The van der Waals surface area contributed by atoms with Gasteiger partial charge in [0, 0.05) is 61.4 Å². The minimum Gasteiger partial charge on any atom is -0.855 e. The minimum absolute atomic E-state index is 0. The van der Waals surface area contributed by atoms with Gasteiger partial charge >= 0.3 is 71.7 Å². The van der Waals surface area contributed by atoms with E-state index in [2.05, 4.69) is 30.1 Å². The molecule has 3 unspecified atom stereocenters. The van der Waals surface area contributed by atoms with Crippen LogP contribution in [0.25, 0.3) is 0 Å². The van der Waals surface area contributed by atoms with Crippen LogP contribution in [0.1, 0.15) is 114 Å². The van der Waals surface area contributed by atoms with E-state index in [1.807, 2.05) is 137 Å². The third-order valence-corrected chi connectivity index (χ3v) is 19.3. The van der Waals surface area contributed by atoms with Gasteiger partial charge in [-0.25, -0.2) is 28.8 Å². The Hall–Kier alpha value is -5.69. The Morgan fingerprint density at radius 3 is 1.21 bits per heavy atom. The third-order valence-electron chi connectivity index (χ3n) is 13.9. The summed E-state index contributed by atoms with van der Waals surface area (Å²) >= 11 is 9.10. The minimum atomic E-state index is -4.04. The van der Waals surface area contributed by atoms with Gasteiger partial charge in [0.05, 0.1) is 30.8 Å². The van der Waals surface area contributed by atoms with Crippen LogP contribution in [-0.4, -0.2) is 184 Å². The summed E-state index contributed by atoms with van der Waals surface area (Å²) in [4.78, 5) is 92.2. The monoisotopic (exact) mass is 1520 g/mol. The number of likely N-dealkylation sites (tertiary alicyclic amines) is 3. The van der Waals surface area contributed by atoms with Crippen molar-refractivity contribution in [1.82, 2.24) is 20.0 Å². The molecule has 4 aliphatic rings. The van der Waals surface area contributed by atoms with Crippen molar-refractivity contribution in [2.75, 3.05) is 46.0 Å². The molecular weight excluding hydrogens is 1430 g/mol. The van der Waals surface area contributed by atoms with Crippen LogP contribution >= 0.6 is 60.3 Å². The van der Waals surface area contributed by atoms with Crippen LogP contribution < -0.4 is 40.0 Å². The SMILES string of the molecule is CC(C)(C)OC(=O)N1CC(Sc2ccccc2)C[C@H]1C(=O)O.CCOC(=O)[C@@H]1CC(Sc2ccccc2)CN1C(=O)OC(C)(C)C.CCOC(=O)[C@@H]1C[C@@H](OS(=O)(=O)c2ccc(C)cc2)CN1C(=O)OC(C)(C)C.CC[O-].Cl.O=C(O)[C@@H]1CC(Sc2ccccc2)CN1.Sc1ccccc1.[Na+]. The van der Waals surface area contributed by atoms with Crippen LogP contribution in [0.3, 0.4) is 0 Å². The van der Waals surface area contributed by atoms with Gasteiger partial charge in [-0.3, -0.25) is 23.7 Å². The summed E-state index contributed by atoms with van der Waals surface area (Å²) in [5.41, 5.74) is -1.08. The molecule has 0 aromatic heterocycles.